The first-order valence-corrected chi connectivity index (χ1v) is 7.80. The molecule has 2 nitrogen and oxygen atoms in total. The lowest BCUT2D eigenvalue weighted by Gasteiger charge is -2.20. The number of carbonyl (C=O) groups excluding carboxylic acids is 1. The van der Waals surface area contributed by atoms with Crippen LogP contribution in [0.3, 0.4) is 0 Å². The van der Waals surface area contributed by atoms with E-state index < -0.39 is 0 Å². The highest BCUT2D eigenvalue weighted by molar-refractivity contribution is 5.79. The number of nitrogens with one attached hydrogen (secondary N) is 1. The molecule has 2 rings (SSSR count). The fraction of sp³-hybridized carbons (Fsp3) is 0.350. The number of carbonyl (C=O) groups is 1. The van der Waals surface area contributed by atoms with E-state index in [0.29, 0.717) is 6.42 Å². The molecule has 1 atom stereocenters. The van der Waals surface area contributed by atoms with Crippen LogP contribution in [0, 0.1) is 0 Å². The highest BCUT2D eigenvalue weighted by Gasteiger charge is 2.15. The van der Waals surface area contributed by atoms with Crippen LogP contribution in [0.2, 0.25) is 0 Å². The second-order valence-electron chi connectivity index (χ2n) is 6.82. The Bertz CT molecular complexity index is 608. The molecule has 0 radical (unpaired) electrons. The van der Waals surface area contributed by atoms with E-state index in [9.17, 15) is 4.79 Å². The molecule has 22 heavy (non-hydrogen) atoms. The number of rotatable bonds is 4. The number of hydrogen-bond donors (Lipinski definition) is 1. The summed E-state index contributed by atoms with van der Waals surface area (Å²) in [5, 5.41) is 3.06. The van der Waals surface area contributed by atoms with E-state index in [0.717, 1.165) is 11.1 Å². The van der Waals surface area contributed by atoms with Gasteiger partial charge in [-0.05, 0) is 29.0 Å². The molecule has 0 aliphatic rings. The van der Waals surface area contributed by atoms with E-state index in [-0.39, 0.29) is 17.4 Å². The summed E-state index contributed by atoms with van der Waals surface area (Å²) in [5.41, 5.74) is 3.63. The zero-order valence-electron chi connectivity index (χ0n) is 13.9. The van der Waals surface area contributed by atoms with Crippen LogP contribution in [0.5, 0.6) is 0 Å². The van der Waals surface area contributed by atoms with Crippen LogP contribution < -0.4 is 5.32 Å². The Morgan fingerprint density at radius 2 is 1.59 bits per heavy atom. The largest absolute Gasteiger partial charge is 0.349 e. The maximum Gasteiger partial charge on any atom is 0.224 e. The molecule has 0 aliphatic heterocycles. The van der Waals surface area contributed by atoms with Crippen LogP contribution in [0.4, 0.5) is 0 Å². The molecule has 2 aromatic rings. The maximum absolute atomic E-state index is 12.1. The molecule has 0 saturated carbocycles. The van der Waals surface area contributed by atoms with Crippen LogP contribution in [-0.4, -0.2) is 5.91 Å². The molecule has 1 amide bonds. The monoisotopic (exact) mass is 295 g/mol. The minimum atomic E-state index is 0.0187. The lowest BCUT2D eigenvalue weighted by Crippen LogP contribution is -2.28. The smallest absolute Gasteiger partial charge is 0.224 e. The minimum absolute atomic E-state index is 0.0187. The summed E-state index contributed by atoms with van der Waals surface area (Å²) < 4.78 is 0. The second kappa shape index (κ2) is 6.78. The van der Waals surface area contributed by atoms with E-state index in [1.54, 1.807) is 0 Å². The van der Waals surface area contributed by atoms with E-state index in [1.165, 1.54) is 5.56 Å². The summed E-state index contributed by atoms with van der Waals surface area (Å²) in [4.78, 5) is 12.1. The lowest BCUT2D eigenvalue weighted by molar-refractivity contribution is -0.121. The molecule has 0 unspecified atom stereocenters. The van der Waals surface area contributed by atoms with Gasteiger partial charge in [0.05, 0.1) is 12.5 Å². The third kappa shape index (κ3) is 4.45. The average Bonchev–Trinajstić information content (AvgIpc) is 2.47. The Morgan fingerprint density at radius 1 is 1.00 bits per heavy atom. The summed E-state index contributed by atoms with van der Waals surface area (Å²) in [6.45, 7) is 8.63. The van der Waals surface area contributed by atoms with Crippen molar-refractivity contribution in [3.8, 4) is 0 Å². The highest BCUT2D eigenvalue weighted by Crippen LogP contribution is 2.23. The number of benzene rings is 2. The van der Waals surface area contributed by atoms with Gasteiger partial charge < -0.3 is 5.32 Å². The van der Waals surface area contributed by atoms with Gasteiger partial charge in [-0.25, -0.2) is 0 Å². The Hall–Kier alpha value is -2.09. The molecular formula is C20H25NO. The Morgan fingerprint density at radius 3 is 2.14 bits per heavy atom. The molecular weight excluding hydrogens is 270 g/mol. The van der Waals surface area contributed by atoms with Crippen LogP contribution >= 0.6 is 0 Å². The predicted octanol–water partition coefficient (Wildman–Crippen LogP) is 4.40. The van der Waals surface area contributed by atoms with Gasteiger partial charge in [0, 0.05) is 0 Å². The van der Waals surface area contributed by atoms with Crippen LogP contribution in [0.15, 0.2) is 54.6 Å². The normalized spacial score (nSPS) is 12.7. The highest BCUT2D eigenvalue weighted by atomic mass is 16.1. The van der Waals surface area contributed by atoms with Crippen molar-refractivity contribution < 1.29 is 4.79 Å². The Kier molecular flexibility index (Phi) is 5.02. The SMILES string of the molecule is C[C@@H](NC(=O)Cc1ccccc1)c1ccc(C(C)(C)C)cc1. The summed E-state index contributed by atoms with van der Waals surface area (Å²) in [6.07, 6.45) is 0.422. The maximum atomic E-state index is 12.1. The molecule has 116 valence electrons. The van der Waals surface area contributed by atoms with Gasteiger partial charge >= 0.3 is 0 Å². The zero-order valence-corrected chi connectivity index (χ0v) is 13.9. The van der Waals surface area contributed by atoms with Gasteiger partial charge in [0.15, 0.2) is 0 Å². The Balaban J connectivity index is 1.97. The van der Waals surface area contributed by atoms with Gasteiger partial charge in [0.1, 0.15) is 0 Å². The standard InChI is InChI=1S/C20H25NO/c1-15(17-10-12-18(13-11-17)20(2,3)4)21-19(22)14-16-8-6-5-7-9-16/h5-13,15H,14H2,1-4H3,(H,21,22)/t15-/m1/s1. The summed E-state index contributed by atoms with van der Waals surface area (Å²) in [7, 11) is 0. The molecule has 0 aliphatic carbocycles. The van der Waals surface area contributed by atoms with Gasteiger partial charge in [-0.1, -0.05) is 75.4 Å². The number of hydrogen-bond acceptors (Lipinski definition) is 1. The first kappa shape index (κ1) is 16.3. The predicted molar refractivity (Wildman–Crippen MR) is 91.8 cm³/mol. The topological polar surface area (TPSA) is 29.1 Å². The van der Waals surface area contributed by atoms with E-state index >= 15 is 0 Å². The summed E-state index contributed by atoms with van der Waals surface area (Å²) in [5.74, 6) is 0.0543. The van der Waals surface area contributed by atoms with Crippen molar-refractivity contribution in [3.63, 3.8) is 0 Å². The molecule has 0 bridgehead atoms. The van der Waals surface area contributed by atoms with Gasteiger partial charge in [0.2, 0.25) is 5.91 Å². The van der Waals surface area contributed by atoms with E-state index in [4.69, 9.17) is 0 Å². The molecule has 2 heteroatoms. The third-order valence-electron chi connectivity index (χ3n) is 3.86. The van der Waals surface area contributed by atoms with Crippen LogP contribution in [0.1, 0.15) is 50.4 Å². The number of amides is 1. The van der Waals surface area contributed by atoms with Crippen LogP contribution in [-0.2, 0) is 16.6 Å². The lowest BCUT2D eigenvalue weighted by atomic mass is 9.86. The second-order valence-corrected chi connectivity index (χ2v) is 6.82. The van der Waals surface area contributed by atoms with Crippen molar-refractivity contribution in [2.75, 3.05) is 0 Å². The molecule has 0 fully saturated rings. The first-order chi connectivity index (χ1) is 10.4. The first-order valence-electron chi connectivity index (χ1n) is 7.80. The fourth-order valence-corrected chi connectivity index (χ4v) is 2.43. The molecule has 0 spiro atoms. The molecule has 1 N–H and O–H groups in total. The van der Waals surface area contributed by atoms with Crippen LogP contribution in [0.25, 0.3) is 0 Å². The minimum Gasteiger partial charge on any atom is -0.349 e. The van der Waals surface area contributed by atoms with Gasteiger partial charge in [-0.15, -0.1) is 0 Å². The molecule has 0 heterocycles. The summed E-state index contributed by atoms with van der Waals surface area (Å²) >= 11 is 0. The molecule has 0 saturated heterocycles. The molecule has 0 aromatic heterocycles. The van der Waals surface area contributed by atoms with Crippen molar-refractivity contribution in [1.82, 2.24) is 5.32 Å². The summed E-state index contributed by atoms with van der Waals surface area (Å²) in [6, 6.07) is 18.3. The third-order valence-corrected chi connectivity index (χ3v) is 3.86. The zero-order chi connectivity index (χ0) is 16.2. The quantitative estimate of drug-likeness (QED) is 0.889. The Labute approximate surface area is 133 Å². The van der Waals surface area contributed by atoms with Crippen molar-refractivity contribution in [3.05, 3.63) is 71.3 Å². The van der Waals surface area contributed by atoms with E-state index in [2.05, 4.69) is 50.4 Å². The average molecular weight is 295 g/mol. The van der Waals surface area contributed by atoms with Crippen molar-refractivity contribution in [1.29, 1.82) is 0 Å². The van der Waals surface area contributed by atoms with Crippen molar-refractivity contribution >= 4 is 5.91 Å². The fourth-order valence-electron chi connectivity index (χ4n) is 2.43. The van der Waals surface area contributed by atoms with Crippen molar-refractivity contribution in [2.24, 2.45) is 0 Å². The van der Waals surface area contributed by atoms with Gasteiger partial charge in [-0.2, -0.15) is 0 Å². The molecule has 2 aromatic carbocycles. The van der Waals surface area contributed by atoms with Gasteiger partial charge in [0.25, 0.3) is 0 Å². The van der Waals surface area contributed by atoms with Gasteiger partial charge in [-0.3, -0.25) is 4.79 Å². The van der Waals surface area contributed by atoms with Crippen molar-refractivity contribution in [2.45, 2.75) is 45.6 Å². The van der Waals surface area contributed by atoms with E-state index in [1.807, 2.05) is 37.3 Å².